The molecular formula is C17H31N3. The molecule has 2 rings (SSSR count). The summed E-state index contributed by atoms with van der Waals surface area (Å²) < 4.78 is 2.07. The lowest BCUT2D eigenvalue weighted by Gasteiger charge is -2.34. The summed E-state index contributed by atoms with van der Waals surface area (Å²) in [6.07, 6.45) is 6.24. The van der Waals surface area contributed by atoms with Crippen LogP contribution >= 0.6 is 0 Å². The summed E-state index contributed by atoms with van der Waals surface area (Å²) in [6, 6.07) is 2.87. The van der Waals surface area contributed by atoms with Crippen LogP contribution in [0.2, 0.25) is 0 Å². The van der Waals surface area contributed by atoms with Gasteiger partial charge in [-0.25, -0.2) is 0 Å². The van der Waals surface area contributed by atoms with Crippen molar-refractivity contribution in [3.63, 3.8) is 0 Å². The number of aryl methyl sites for hydroxylation is 2. The van der Waals surface area contributed by atoms with Crippen molar-refractivity contribution in [1.29, 1.82) is 0 Å². The molecule has 0 amide bonds. The summed E-state index contributed by atoms with van der Waals surface area (Å²) in [5.41, 5.74) is 3.05. The molecule has 1 saturated carbocycles. The second-order valence-electron chi connectivity index (χ2n) is 6.96. The van der Waals surface area contributed by atoms with Crippen molar-refractivity contribution in [2.75, 3.05) is 6.54 Å². The van der Waals surface area contributed by atoms with Crippen LogP contribution in [0.5, 0.6) is 0 Å². The molecule has 0 aliphatic heterocycles. The lowest BCUT2D eigenvalue weighted by atomic mass is 9.76. The van der Waals surface area contributed by atoms with Gasteiger partial charge in [-0.15, -0.1) is 0 Å². The zero-order valence-corrected chi connectivity index (χ0v) is 13.9. The average Bonchev–Trinajstić information content (AvgIpc) is 2.92. The van der Waals surface area contributed by atoms with Crippen molar-refractivity contribution >= 4 is 0 Å². The molecule has 114 valence electrons. The Morgan fingerprint density at radius 2 is 2.20 bits per heavy atom. The monoisotopic (exact) mass is 277 g/mol. The fraction of sp³-hybridized carbons (Fsp3) is 0.824. The molecule has 1 aliphatic carbocycles. The average molecular weight is 277 g/mol. The SMILES string of the molecule is CCNC(Cc1cc(CC)nn1C)C1CCCC1(C)C. The van der Waals surface area contributed by atoms with E-state index in [0.29, 0.717) is 11.5 Å². The van der Waals surface area contributed by atoms with Gasteiger partial charge in [-0.3, -0.25) is 4.68 Å². The van der Waals surface area contributed by atoms with Crippen LogP contribution in [0.3, 0.4) is 0 Å². The quantitative estimate of drug-likeness (QED) is 0.864. The highest BCUT2D eigenvalue weighted by Crippen LogP contribution is 2.44. The van der Waals surface area contributed by atoms with Gasteiger partial charge in [0.2, 0.25) is 0 Å². The Morgan fingerprint density at radius 1 is 1.45 bits per heavy atom. The third-order valence-corrected chi connectivity index (χ3v) is 5.11. The van der Waals surface area contributed by atoms with E-state index in [4.69, 9.17) is 0 Å². The highest BCUT2D eigenvalue weighted by atomic mass is 15.3. The summed E-state index contributed by atoms with van der Waals surface area (Å²) in [5.74, 6) is 0.780. The highest BCUT2D eigenvalue weighted by Gasteiger charge is 2.39. The predicted octanol–water partition coefficient (Wildman–Crippen LogP) is 3.33. The number of hydrogen-bond donors (Lipinski definition) is 1. The van der Waals surface area contributed by atoms with Crippen molar-refractivity contribution in [2.45, 2.75) is 65.8 Å². The summed E-state index contributed by atoms with van der Waals surface area (Å²) in [6.45, 7) is 10.3. The first-order chi connectivity index (χ1) is 9.47. The first-order valence-electron chi connectivity index (χ1n) is 8.23. The van der Waals surface area contributed by atoms with Crippen molar-refractivity contribution in [3.8, 4) is 0 Å². The largest absolute Gasteiger partial charge is 0.314 e. The first kappa shape index (κ1) is 15.6. The molecule has 1 N–H and O–H groups in total. The van der Waals surface area contributed by atoms with Gasteiger partial charge in [0.1, 0.15) is 0 Å². The van der Waals surface area contributed by atoms with Gasteiger partial charge in [-0.05, 0) is 43.2 Å². The Bertz CT molecular complexity index is 433. The minimum atomic E-state index is 0.471. The topological polar surface area (TPSA) is 29.9 Å². The van der Waals surface area contributed by atoms with Crippen molar-refractivity contribution in [1.82, 2.24) is 15.1 Å². The maximum atomic E-state index is 4.59. The van der Waals surface area contributed by atoms with Gasteiger partial charge >= 0.3 is 0 Å². The number of rotatable bonds is 6. The zero-order valence-electron chi connectivity index (χ0n) is 13.9. The lowest BCUT2D eigenvalue weighted by molar-refractivity contribution is 0.195. The fourth-order valence-electron chi connectivity index (χ4n) is 3.88. The van der Waals surface area contributed by atoms with Gasteiger partial charge in [-0.1, -0.05) is 34.1 Å². The van der Waals surface area contributed by atoms with Gasteiger partial charge in [-0.2, -0.15) is 5.10 Å². The molecule has 3 heteroatoms. The third-order valence-electron chi connectivity index (χ3n) is 5.11. The Labute approximate surface area is 124 Å². The minimum absolute atomic E-state index is 0.471. The Balaban J connectivity index is 2.14. The number of nitrogens with one attached hydrogen (secondary N) is 1. The first-order valence-corrected chi connectivity index (χ1v) is 8.23. The lowest BCUT2D eigenvalue weighted by Crippen LogP contribution is -2.42. The van der Waals surface area contributed by atoms with Crippen LogP contribution in [0.15, 0.2) is 6.07 Å². The molecule has 0 saturated heterocycles. The number of aromatic nitrogens is 2. The second kappa shape index (κ2) is 6.30. The minimum Gasteiger partial charge on any atom is -0.314 e. The van der Waals surface area contributed by atoms with Gasteiger partial charge in [0.05, 0.1) is 5.69 Å². The van der Waals surface area contributed by atoms with Crippen LogP contribution in [-0.2, 0) is 19.9 Å². The second-order valence-corrected chi connectivity index (χ2v) is 6.96. The summed E-state index contributed by atoms with van der Waals surface area (Å²) in [7, 11) is 2.08. The van der Waals surface area contributed by atoms with Gasteiger partial charge in [0.25, 0.3) is 0 Å². The molecule has 1 aromatic heterocycles. The number of nitrogens with zero attached hydrogens (tertiary/aromatic N) is 2. The normalized spacial score (nSPS) is 23.1. The van der Waals surface area contributed by atoms with Crippen molar-refractivity contribution in [3.05, 3.63) is 17.5 Å². The van der Waals surface area contributed by atoms with Gasteiger partial charge in [0.15, 0.2) is 0 Å². The molecule has 0 spiro atoms. The molecule has 0 aromatic carbocycles. The van der Waals surface area contributed by atoms with Crippen molar-refractivity contribution in [2.24, 2.45) is 18.4 Å². The maximum absolute atomic E-state index is 4.59. The molecule has 0 radical (unpaired) electrons. The summed E-state index contributed by atoms with van der Waals surface area (Å²) >= 11 is 0. The molecule has 2 unspecified atom stereocenters. The van der Waals surface area contributed by atoms with E-state index in [2.05, 4.69) is 55.9 Å². The standard InChI is InChI=1S/C17H31N3/c1-6-13-11-14(20(5)19-13)12-16(18-7-2)15-9-8-10-17(15,3)4/h11,15-16,18H,6-10,12H2,1-5H3. The predicted molar refractivity (Wildman–Crippen MR) is 84.9 cm³/mol. The molecule has 1 aliphatic rings. The summed E-state index contributed by atoms with van der Waals surface area (Å²) in [5, 5.41) is 8.34. The van der Waals surface area contributed by atoms with Gasteiger partial charge in [0, 0.05) is 25.2 Å². The van der Waals surface area contributed by atoms with Crippen LogP contribution < -0.4 is 5.32 Å². The van der Waals surface area contributed by atoms with E-state index in [0.717, 1.165) is 25.3 Å². The van der Waals surface area contributed by atoms with Crippen LogP contribution in [0.25, 0.3) is 0 Å². The molecule has 1 aromatic rings. The van der Waals surface area contributed by atoms with E-state index in [1.165, 1.54) is 30.7 Å². The molecule has 1 heterocycles. The molecular weight excluding hydrogens is 246 g/mol. The number of hydrogen-bond acceptors (Lipinski definition) is 2. The Morgan fingerprint density at radius 3 is 2.70 bits per heavy atom. The van der Waals surface area contributed by atoms with Crippen molar-refractivity contribution < 1.29 is 0 Å². The van der Waals surface area contributed by atoms with Crippen LogP contribution in [0.4, 0.5) is 0 Å². The van der Waals surface area contributed by atoms with E-state index < -0.39 is 0 Å². The fourth-order valence-corrected chi connectivity index (χ4v) is 3.88. The van der Waals surface area contributed by atoms with Crippen LogP contribution in [0.1, 0.15) is 58.3 Å². The molecule has 20 heavy (non-hydrogen) atoms. The molecule has 0 bridgehead atoms. The van der Waals surface area contributed by atoms with Crippen LogP contribution in [0, 0.1) is 11.3 Å². The molecule has 2 atom stereocenters. The van der Waals surface area contributed by atoms with E-state index >= 15 is 0 Å². The zero-order chi connectivity index (χ0) is 14.8. The van der Waals surface area contributed by atoms with E-state index in [9.17, 15) is 0 Å². The summed E-state index contributed by atoms with van der Waals surface area (Å²) in [4.78, 5) is 0. The molecule has 1 fully saturated rings. The maximum Gasteiger partial charge on any atom is 0.0624 e. The van der Waals surface area contributed by atoms with Crippen LogP contribution in [-0.4, -0.2) is 22.4 Å². The van der Waals surface area contributed by atoms with E-state index in [1.807, 2.05) is 0 Å². The Kier molecular flexibility index (Phi) is 4.90. The third kappa shape index (κ3) is 3.25. The smallest absolute Gasteiger partial charge is 0.0624 e. The van der Waals surface area contributed by atoms with Gasteiger partial charge < -0.3 is 5.32 Å². The van der Waals surface area contributed by atoms with E-state index in [1.54, 1.807) is 0 Å². The molecule has 3 nitrogen and oxygen atoms in total. The highest BCUT2D eigenvalue weighted by molar-refractivity contribution is 5.12. The number of likely N-dealkylation sites (N-methyl/N-ethyl adjacent to an activating group) is 1. The Hall–Kier alpha value is -0.830. The van der Waals surface area contributed by atoms with E-state index in [-0.39, 0.29) is 0 Å².